The Hall–Kier alpha value is -2.86. The van der Waals surface area contributed by atoms with Gasteiger partial charge in [0.15, 0.2) is 0 Å². The quantitative estimate of drug-likeness (QED) is 0.491. The third-order valence-electron chi connectivity index (χ3n) is 5.08. The molecule has 0 radical (unpaired) electrons. The molecular weight excluding hydrogens is 394 g/mol. The van der Waals surface area contributed by atoms with Gasteiger partial charge in [0, 0.05) is 6.54 Å². The lowest BCUT2D eigenvalue weighted by atomic mass is 9.96. The number of carbonyl (C=O) groups excluding carboxylic acids is 1. The summed E-state index contributed by atoms with van der Waals surface area (Å²) in [6.07, 6.45) is 2.73. The van der Waals surface area contributed by atoms with E-state index >= 15 is 0 Å². The molecule has 0 fully saturated rings. The molecule has 31 heavy (non-hydrogen) atoms. The highest BCUT2D eigenvalue weighted by Crippen LogP contribution is 2.19. The molecule has 0 aromatic heterocycles. The van der Waals surface area contributed by atoms with Crippen LogP contribution in [-0.4, -0.2) is 55.8 Å². The average Bonchev–Trinajstić information content (AvgIpc) is 2.75. The van der Waals surface area contributed by atoms with E-state index in [1.54, 1.807) is 7.11 Å². The van der Waals surface area contributed by atoms with Gasteiger partial charge >= 0.3 is 11.9 Å². The number of hydrogen-bond acceptors (Lipinski definition) is 5. The molecule has 2 aromatic carbocycles. The summed E-state index contributed by atoms with van der Waals surface area (Å²) in [5, 5.41) is 8.76. The third-order valence-corrected chi connectivity index (χ3v) is 5.08. The molecule has 6 nitrogen and oxygen atoms in total. The largest absolute Gasteiger partial charge is 0.497 e. The summed E-state index contributed by atoms with van der Waals surface area (Å²) in [5.74, 6) is -0.589. The predicted molar refractivity (Wildman–Crippen MR) is 120 cm³/mol. The molecule has 0 heterocycles. The molecule has 0 spiro atoms. The first-order valence-corrected chi connectivity index (χ1v) is 10.6. The Bertz CT molecular complexity index is 849. The molecule has 0 aliphatic heterocycles. The molecule has 0 aliphatic carbocycles. The van der Waals surface area contributed by atoms with Crippen LogP contribution in [0, 0.1) is 0 Å². The Morgan fingerprint density at radius 2 is 1.68 bits per heavy atom. The molecule has 1 N–H and O–H groups in total. The van der Waals surface area contributed by atoms with Crippen molar-refractivity contribution in [3.8, 4) is 5.75 Å². The van der Waals surface area contributed by atoms with Crippen LogP contribution in [-0.2, 0) is 33.6 Å². The zero-order valence-corrected chi connectivity index (χ0v) is 18.7. The topological polar surface area (TPSA) is 76.1 Å². The number of methoxy groups -OCH3 is 1. The number of carboxylic acid groups (broad SMARTS) is 1. The second-order valence-electron chi connectivity index (χ2n) is 7.93. The smallest absolute Gasteiger partial charge is 0.306 e. The first-order valence-electron chi connectivity index (χ1n) is 10.6. The Balaban J connectivity index is 1.98. The van der Waals surface area contributed by atoms with Crippen molar-refractivity contribution in [1.29, 1.82) is 0 Å². The Kier molecular flexibility index (Phi) is 10.0. The second kappa shape index (κ2) is 12.7. The Morgan fingerprint density at radius 1 is 0.968 bits per heavy atom. The summed E-state index contributed by atoms with van der Waals surface area (Å²) in [7, 11) is 5.54. The van der Waals surface area contributed by atoms with Crippen LogP contribution in [0.3, 0.4) is 0 Å². The molecule has 2 aromatic rings. The Morgan fingerprint density at radius 3 is 2.32 bits per heavy atom. The van der Waals surface area contributed by atoms with Gasteiger partial charge < -0.3 is 19.5 Å². The van der Waals surface area contributed by atoms with Crippen LogP contribution < -0.4 is 4.74 Å². The van der Waals surface area contributed by atoms with Crippen molar-refractivity contribution in [1.82, 2.24) is 4.90 Å². The summed E-state index contributed by atoms with van der Waals surface area (Å²) >= 11 is 0. The van der Waals surface area contributed by atoms with E-state index in [1.807, 2.05) is 43.3 Å². The fourth-order valence-corrected chi connectivity index (χ4v) is 3.52. The van der Waals surface area contributed by atoms with E-state index in [0.29, 0.717) is 13.0 Å². The number of nitrogens with zero attached hydrogens (tertiary/aromatic N) is 1. The van der Waals surface area contributed by atoms with E-state index in [4.69, 9.17) is 14.6 Å². The summed E-state index contributed by atoms with van der Waals surface area (Å²) in [4.78, 5) is 24.7. The van der Waals surface area contributed by atoms with Gasteiger partial charge in [-0.05, 0) is 68.6 Å². The van der Waals surface area contributed by atoms with Crippen LogP contribution in [0.25, 0.3) is 0 Å². The molecular formula is C25H33NO5. The van der Waals surface area contributed by atoms with Gasteiger partial charge in [-0.3, -0.25) is 9.59 Å². The van der Waals surface area contributed by atoms with E-state index in [2.05, 4.69) is 24.3 Å². The SMILES string of the molecule is COc1cccc(CCc2ccccc2CCC(CN(C)C)OC(=O)CCC(=O)O)c1. The molecule has 0 amide bonds. The lowest BCUT2D eigenvalue weighted by molar-refractivity contribution is -0.152. The fraction of sp³-hybridized carbons (Fsp3) is 0.440. The molecule has 6 heteroatoms. The molecule has 0 aliphatic rings. The molecule has 1 atom stereocenters. The first-order chi connectivity index (χ1) is 14.9. The third kappa shape index (κ3) is 9.22. The van der Waals surface area contributed by atoms with E-state index < -0.39 is 11.9 Å². The monoisotopic (exact) mass is 427 g/mol. The maximum atomic E-state index is 12.0. The lowest BCUT2D eigenvalue weighted by Crippen LogP contribution is -2.31. The minimum absolute atomic E-state index is 0.101. The lowest BCUT2D eigenvalue weighted by Gasteiger charge is -2.22. The van der Waals surface area contributed by atoms with E-state index in [0.717, 1.165) is 25.0 Å². The normalized spacial score (nSPS) is 11.9. The van der Waals surface area contributed by atoms with Crippen LogP contribution in [0.1, 0.15) is 36.0 Å². The number of hydrogen-bond donors (Lipinski definition) is 1. The maximum absolute atomic E-state index is 12.0. The number of carboxylic acids is 1. The van der Waals surface area contributed by atoms with Gasteiger partial charge in [-0.2, -0.15) is 0 Å². The highest BCUT2D eigenvalue weighted by Gasteiger charge is 2.17. The van der Waals surface area contributed by atoms with Crippen LogP contribution >= 0.6 is 0 Å². The molecule has 2 rings (SSSR count). The molecule has 168 valence electrons. The average molecular weight is 428 g/mol. The van der Waals surface area contributed by atoms with Gasteiger partial charge in [0.2, 0.25) is 0 Å². The highest BCUT2D eigenvalue weighted by atomic mass is 16.5. The highest BCUT2D eigenvalue weighted by molar-refractivity contribution is 5.76. The van der Waals surface area contributed by atoms with Gasteiger partial charge in [0.25, 0.3) is 0 Å². The van der Waals surface area contributed by atoms with Gasteiger partial charge in [-0.25, -0.2) is 0 Å². The maximum Gasteiger partial charge on any atom is 0.306 e. The molecule has 0 saturated heterocycles. The Labute approximate surface area is 184 Å². The number of carbonyl (C=O) groups is 2. The van der Waals surface area contributed by atoms with E-state index in [1.165, 1.54) is 16.7 Å². The summed E-state index contributed by atoms with van der Waals surface area (Å²) in [6, 6.07) is 16.5. The minimum atomic E-state index is -0.994. The number of likely N-dealkylation sites (N-methyl/N-ethyl adjacent to an activating group) is 1. The van der Waals surface area contributed by atoms with Gasteiger partial charge in [-0.15, -0.1) is 0 Å². The van der Waals surface area contributed by atoms with Gasteiger partial charge in [-0.1, -0.05) is 36.4 Å². The van der Waals surface area contributed by atoms with E-state index in [-0.39, 0.29) is 18.9 Å². The van der Waals surface area contributed by atoms with Crippen molar-refractivity contribution in [2.45, 2.75) is 44.6 Å². The number of benzene rings is 2. The van der Waals surface area contributed by atoms with Crippen molar-refractivity contribution in [3.05, 3.63) is 65.2 Å². The van der Waals surface area contributed by atoms with Crippen LogP contribution in [0.2, 0.25) is 0 Å². The van der Waals surface area contributed by atoms with Crippen LogP contribution in [0.4, 0.5) is 0 Å². The fourth-order valence-electron chi connectivity index (χ4n) is 3.52. The molecule has 0 saturated carbocycles. The number of aryl methyl sites for hydroxylation is 3. The van der Waals surface area contributed by atoms with Crippen LogP contribution in [0.15, 0.2) is 48.5 Å². The number of esters is 1. The van der Waals surface area contributed by atoms with Crippen molar-refractivity contribution in [3.63, 3.8) is 0 Å². The zero-order valence-electron chi connectivity index (χ0n) is 18.7. The van der Waals surface area contributed by atoms with Crippen LogP contribution in [0.5, 0.6) is 5.75 Å². The van der Waals surface area contributed by atoms with Crippen molar-refractivity contribution in [2.24, 2.45) is 0 Å². The minimum Gasteiger partial charge on any atom is -0.497 e. The predicted octanol–water partition coefficient (Wildman–Crippen LogP) is 3.75. The summed E-state index contributed by atoms with van der Waals surface area (Å²) in [5.41, 5.74) is 3.76. The van der Waals surface area contributed by atoms with Gasteiger partial charge in [0.05, 0.1) is 20.0 Å². The summed E-state index contributed by atoms with van der Waals surface area (Å²) < 4.78 is 10.9. The zero-order chi connectivity index (χ0) is 22.6. The number of aliphatic carboxylic acids is 1. The number of ether oxygens (including phenoxy) is 2. The molecule has 1 unspecified atom stereocenters. The molecule has 0 bridgehead atoms. The van der Waals surface area contributed by atoms with Crippen molar-refractivity contribution in [2.75, 3.05) is 27.7 Å². The second-order valence-corrected chi connectivity index (χ2v) is 7.93. The summed E-state index contributed by atoms with van der Waals surface area (Å²) in [6.45, 7) is 0.602. The van der Waals surface area contributed by atoms with Crippen molar-refractivity contribution < 1.29 is 24.2 Å². The van der Waals surface area contributed by atoms with E-state index in [9.17, 15) is 9.59 Å². The standard InChI is InChI=1S/C25H33NO5/c1-26(2)18-23(31-25(29)16-15-24(27)28)14-13-21-9-5-4-8-20(21)12-11-19-7-6-10-22(17-19)30-3/h4-10,17,23H,11-16,18H2,1-3H3,(H,27,28). The van der Waals surface area contributed by atoms with Gasteiger partial charge in [0.1, 0.15) is 11.9 Å². The number of rotatable bonds is 13. The first kappa shape index (κ1) is 24.4. The van der Waals surface area contributed by atoms with Crippen molar-refractivity contribution >= 4 is 11.9 Å².